The number of phenolic OH excluding ortho intramolecular Hbond substituents is 2. The topological polar surface area (TPSA) is 125 Å². The monoisotopic (exact) mass is 574 g/mol. The van der Waals surface area contributed by atoms with Crippen molar-refractivity contribution in [1.82, 2.24) is 10.6 Å². The predicted octanol–water partition coefficient (Wildman–Crippen LogP) is 4.35. The summed E-state index contributed by atoms with van der Waals surface area (Å²) >= 11 is 0. The Morgan fingerprint density at radius 3 is 2.20 bits per heavy atom. The summed E-state index contributed by atoms with van der Waals surface area (Å²) in [5.41, 5.74) is 0.956. The van der Waals surface area contributed by atoms with Crippen LogP contribution in [0.25, 0.3) is 0 Å². The largest absolute Gasteiger partial charge is 0.507 e. The van der Waals surface area contributed by atoms with Crippen molar-refractivity contribution in [3.8, 4) is 11.5 Å². The Morgan fingerprint density at radius 2 is 1.57 bits per heavy atom. The van der Waals surface area contributed by atoms with Crippen molar-refractivity contribution in [3.63, 3.8) is 0 Å². The Balaban J connectivity index is 0.00000441. The summed E-state index contributed by atoms with van der Waals surface area (Å²) in [6.07, 6.45) is 0.571. The molecule has 0 radical (unpaired) electrons. The van der Waals surface area contributed by atoms with E-state index >= 15 is 0 Å². The van der Waals surface area contributed by atoms with Crippen LogP contribution in [-0.4, -0.2) is 53.1 Å². The minimum atomic E-state index is -1.20. The first-order chi connectivity index (χ1) is 18.5. The van der Waals surface area contributed by atoms with Crippen molar-refractivity contribution in [2.45, 2.75) is 38.8 Å². The fraction of sp³-hybridized carbons (Fsp3) is 0.276. The Labute approximate surface area is 235 Å². The molecule has 8 nitrogen and oxygen atoms in total. The second-order valence-electron chi connectivity index (χ2n) is 9.52. The molecule has 1 fully saturated rings. The molecule has 0 unspecified atom stereocenters. The van der Waals surface area contributed by atoms with E-state index in [1.807, 2.05) is 0 Å². The summed E-state index contributed by atoms with van der Waals surface area (Å²) in [5, 5.41) is 26.0. The zero-order valence-electron chi connectivity index (χ0n) is 21.8. The lowest BCUT2D eigenvalue weighted by atomic mass is 10.0. The number of carbonyl (C=O) groups is 3. The van der Waals surface area contributed by atoms with Gasteiger partial charge in [0, 0.05) is 29.8 Å². The van der Waals surface area contributed by atoms with Crippen molar-refractivity contribution in [1.29, 1.82) is 0 Å². The minimum absolute atomic E-state index is 0. The molecule has 0 saturated carbocycles. The van der Waals surface area contributed by atoms with Crippen LogP contribution in [0, 0.1) is 25.5 Å². The van der Waals surface area contributed by atoms with Gasteiger partial charge in [-0.3, -0.25) is 9.59 Å². The van der Waals surface area contributed by atoms with Gasteiger partial charge in [0.2, 0.25) is 0 Å². The summed E-state index contributed by atoms with van der Waals surface area (Å²) in [6.45, 7) is 4.46. The summed E-state index contributed by atoms with van der Waals surface area (Å²) in [7, 11) is 0. The van der Waals surface area contributed by atoms with Crippen molar-refractivity contribution in [2.75, 3.05) is 13.1 Å². The highest BCUT2D eigenvalue weighted by atomic mass is 35.5. The number of aromatic hydroxyl groups is 2. The lowest BCUT2D eigenvalue weighted by Gasteiger charge is -2.26. The number of aryl methyl sites for hydroxylation is 2. The maximum absolute atomic E-state index is 14.1. The molecule has 0 spiro atoms. The highest BCUT2D eigenvalue weighted by Crippen LogP contribution is 2.26. The van der Waals surface area contributed by atoms with E-state index in [0.29, 0.717) is 54.8 Å². The van der Waals surface area contributed by atoms with Gasteiger partial charge in [0.1, 0.15) is 34.8 Å². The van der Waals surface area contributed by atoms with Gasteiger partial charge in [-0.1, -0.05) is 12.1 Å². The molecule has 212 valence electrons. The molecular formula is C29H29ClF2N2O6. The Hall–Kier alpha value is -4.02. The first kappa shape index (κ1) is 30.5. The van der Waals surface area contributed by atoms with Crippen LogP contribution in [-0.2, 0) is 4.74 Å². The molecule has 1 saturated heterocycles. The maximum atomic E-state index is 14.1. The SMILES string of the molecule is Cc1cc(C(=O)N[C@@H]2CNCCC[C@H]2OC(=O)c2ccc(C(=O)c3c(O)cc(F)cc3F)cc2)cc(C)c1O.Cl. The number of hydrogen-bond donors (Lipinski definition) is 4. The lowest BCUT2D eigenvalue weighted by Crippen LogP contribution is -2.49. The van der Waals surface area contributed by atoms with E-state index < -0.39 is 46.8 Å². The van der Waals surface area contributed by atoms with Gasteiger partial charge in [-0.25, -0.2) is 13.6 Å². The zero-order valence-corrected chi connectivity index (χ0v) is 22.6. The van der Waals surface area contributed by atoms with Crippen molar-refractivity contribution < 1.29 is 38.1 Å². The van der Waals surface area contributed by atoms with Crippen LogP contribution < -0.4 is 10.6 Å². The number of carbonyl (C=O) groups excluding carboxylic acids is 3. The van der Waals surface area contributed by atoms with Gasteiger partial charge < -0.3 is 25.6 Å². The highest BCUT2D eigenvalue weighted by molar-refractivity contribution is 6.11. The van der Waals surface area contributed by atoms with Crippen LogP contribution in [0.1, 0.15) is 60.6 Å². The molecule has 2 atom stereocenters. The normalized spacial score (nSPS) is 16.8. The number of hydrogen-bond acceptors (Lipinski definition) is 7. The van der Waals surface area contributed by atoms with E-state index in [2.05, 4.69) is 10.6 Å². The molecule has 4 rings (SSSR count). The summed E-state index contributed by atoms with van der Waals surface area (Å²) in [5.74, 6) is -4.83. The standard InChI is InChI=1S/C29H28F2N2O6.ClH/c1-15-10-19(11-16(2)26(15)35)28(37)33-22-14-32-9-3-4-24(22)39-29(38)18-7-5-17(6-8-18)27(36)25-21(31)12-20(30)13-23(25)34;/h5-8,10-13,22,24,32,34-35H,3-4,9,14H2,1-2H3,(H,33,37);1H/t22-,24-;/m1./s1. The first-order valence-electron chi connectivity index (χ1n) is 12.4. The molecule has 11 heteroatoms. The summed E-state index contributed by atoms with van der Waals surface area (Å²) in [6, 6.07) is 9.02. The number of rotatable bonds is 6. The molecular weight excluding hydrogens is 546 g/mol. The zero-order chi connectivity index (χ0) is 28.3. The number of benzene rings is 3. The number of amides is 1. The molecule has 0 bridgehead atoms. The van der Waals surface area contributed by atoms with Gasteiger partial charge in [0.25, 0.3) is 5.91 Å². The molecule has 3 aromatic rings. The third-order valence-corrected chi connectivity index (χ3v) is 6.63. The number of ketones is 1. The van der Waals surface area contributed by atoms with Crippen LogP contribution in [0.2, 0.25) is 0 Å². The number of phenols is 2. The van der Waals surface area contributed by atoms with Gasteiger partial charge in [0.15, 0.2) is 5.78 Å². The Morgan fingerprint density at radius 1 is 0.950 bits per heavy atom. The van der Waals surface area contributed by atoms with E-state index in [9.17, 15) is 33.4 Å². The summed E-state index contributed by atoms with van der Waals surface area (Å²) < 4.78 is 33.1. The molecule has 1 amide bonds. The average molecular weight is 575 g/mol. The second-order valence-corrected chi connectivity index (χ2v) is 9.52. The van der Waals surface area contributed by atoms with Crippen molar-refractivity contribution >= 4 is 30.1 Å². The predicted molar refractivity (Wildman–Crippen MR) is 145 cm³/mol. The van der Waals surface area contributed by atoms with Gasteiger partial charge in [-0.05, 0) is 68.6 Å². The molecule has 0 aromatic heterocycles. The highest BCUT2D eigenvalue weighted by Gasteiger charge is 2.29. The second kappa shape index (κ2) is 12.9. The number of ether oxygens (including phenoxy) is 1. The van der Waals surface area contributed by atoms with E-state index in [1.165, 1.54) is 24.3 Å². The van der Waals surface area contributed by atoms with Crippen LogP contribution in [0.15, 0.2) is 48.5 Å². The van der Waals surface area contributed by atoms with Gasteiger partial charge in [-0.15, -0.1) is 12.4 Å². The van der Waals surface area contributed by atoms with E-state index in [-0.39, 0.29) is 35.2 Å². The molecule has 1 aliphatic heterocycles. The fourth-order valence-electron chi connectivity index (χ4n) is 4.53. The Bertz CT molecular complexity index is 1380. The number of halogens is 3. The fourth-order valence-corrected chi connectivity index (χ4v) is 4.53. The first-order valence-corrected chi connectivity index (χ1v) is 12.4. The summed E-state index contributed by atoms with van der Waals surface area (Å²) in [4.78, 5) is 38.6. The molecule has 1 aliphatic rings. The smallest absolute Gasteiger partial charge is 0.338 e. The van der Waals surface area contributed by atoms with Gasteiger partial charge in [-0.2, -0.15) is 0 Å². The maximum Gasteiger partial charge on any atom is 0.338 e. The van der Waals surface area contributed by atoms with Crippen molar-refractivity contribution in [3.05, 3.63) is 93.5 Å². The number of nitrogens with one attached hydrogen (secondary N) is 2. The molecule has 0 aliphatic carbocycles. The van der Waals surface area contributed by atoms with Gasteiger partial charge in [0.05, 0.1) is 11.6 Å². The van der Waals surface area contributed by atoms with E-state index in [4.69, 9.17) is 4.74 Å². The molecule has 4 N–H and O–H groups in total. The average Bonchev–Trinajstić information content (AvgIpc) is 3.11. The van der Waals surface area contributed by atoms with Crippen LogP contribution in [0.3, 0.4) is 0 Å². The van der Waals surface area contributed by atoms with Gasteiger partial charge >= 0.3 is 5.97 Å². The van der Waals surface area contributed by atoms with E-state index in [0.717, 1.165) is 0 Å². The van der Waals surface area contributed by atoms with Crippen LogP contribution >= 0.6 is 12.4 Å². The third kappa shape index (κ3) is 6.75. The quantitative estimate of drug-likeness (QED) is 0.255. The third-order valence-electron chi connectivity index (χ3n) is 6.63. The van der Waals surface area contributed by atoms with Crippen LogP contribution in [0.5, 0.6) is 11.5 Å². The lowest BCUT2D eigenvalue weighted by molar-refractivity contribution is 0.0192. The Kier molecular flexibility index (Phi) is 9.83. The molecule has 3 aromatic carbocycles. The number of esters is 1. The van der Waals surface area contributed by atoms with Crippen LogP contribution in [0.4, 0.5) is 8.78 Å². The van der Waals surface area contributed by atoms with E-state index in [1.54, 1.807) is 26.0 Å². The molecule has 40 heavy (non-hydrogen) atoms. The molecule has 1 heterocycles. The van der Waals surface area contributed by atoms with Crippen molar-refractivity contribution in [2.24, 2.45) is 0 Å². The minimum Gasteiger partial charge on any atom is -0.507 e.